The normalized spacial score (nSPS) is 25.6. The van der Waals surface area contributed by atoms with Crippen LogP contribution < -0.4 is 5.32 Å². The van der Waals surface area contributed by atoms with Gasteiger partial charge in [0.1, 0.15) is 11.2 Å². The Morgan fingerprint density at radius 3 is 2.93 bits per heavy atom. The van der Waals surface area contributed by atoms with E-state index >= 15 is 0 Å². The van der Waals surface area contributed by atoms with E-state index in [2.05, 4.69) is 27.4 Å². The minimum Gasteiger partial charge on any atom is -0.371 e. The number of carbonyl (C=O) groups excluding carboxylic acids is 1. The molecule has 2 aromatic heterocycles. The molecule has 140 valence electrons. The van der Waals surface area contributed by atoms with E-state index in [9.17, 15) is 4.79 Å². The van der Waals surface area contributed by atoms with Crippen molar-refractivity contribution in [2.75, 3.05) is 19.7 Å². The van der Waals surface area contributed by atoms with Gasteiger partial charge in [0, 0.05) is 44.6 Å². The fourth-order valence-corrected chi connectivity index (χ4v) is 4.32. The second kappa shape index (κ2) is 6.51. The van der Waals surface area contributed by atoms with Crippen LogP contribution in [0.5, 0.6) is 0 Å². The lowest BCUT2D eigenvalue weighted by molar-refractivity contribution is -0.0502. The van der Waals surface area contributed by atoms with Gasteiger partial charge in [-0.05, 0) is 12.0 Å². The molecule has 7 nitrogen and oxygen atoms in total. The van der Waals surface area contributed by atoms with Gasteiger partial charge in [0.2, 0.25) is 0 Å². The van der Waals surface area contributed by atoms with Crippen molar-refractivity contribution in [3.63, 3.8) is 0 Å². The highest BCUT2D eigenvalue weighted by molar-refractivity contribution is 6.00. The maximum Gasteiger partial charge on any atom is 0.256 e. The number of morpholine rings is 1. The molecule has 0 radical (unpaired) electrons. The monoisotopic (exact) mass is 365 g/mol. The van der Waals surface area contributed by atoms with Gasteiger partial charge in [-0.3, -0.25) is 9.69 Å². The first-order valence-corrected chi connectivity index (χ1v) is 9.39. The minimum atomic E-state index is -0.0582. The summed E-state index contributed by atoms with van der Waals surface area (Å²) in [5.41, 5.74) is 2.65. The highest BCUT2D eigenvalue weighted by atomic mass is 16.5. The first kappa shape index (κ1) is 16.5. The van der Waals surface area contributed by atoms with Crippen molar-refractivity contribution >= 4 is 11.6 Å². The van der Waals surface area contributed by atoms with Crippen molar-refractivity contribution in [2.45, 2.75) is 24.6 Å². The van der Waals surface area contributed by atoms with Crippen LogP contribution in [-0.2, 0) is 11.8 Å². The van der Waals surface area contributed by atoms with Gasteiger partial charge in [-0.1, -0.05) is 30.3 Å². The highest BCUT2D eigenvalue weighted by Crippen LogP contribution is 2.30. The smallest absolute Gasteiger partial charge is 0.256 e. The topological polar surface area (TPSA) is 63.8 Å². The fraction of sp³-hybridized carbons (Fsp3) is 0.400. The van der Waals surface area contributed by atoms with Crippen LogP contribution in [0.4, 0.5) is 0 Å². The number of fused-ring (bicyclic) bond motifs is 2. The molecule has 1 aromatic carbocycles. The third-order valence-corrected chi connectivity index (χ3v) is 5.70. The fourth-order valence-electron chi connectivity index (χ4n) is 4.32. The van der Waals surface area contributed by atoms with Crippen LogP contribution in [0.2, 0.25) is 0 Å². The molecule has 2 fully saturated rings. The number of nitrogens with one attached hydrogen (secondary N) is 1. The molecule has 2 aliphatic heterocycles. The predicted molar refractivity (Wildman–Crippen MR) is 101 cm³/mol. The summed E-state index contributed by atoms with van der Waals surface area (Å²) in [5.74, 6) is -0.0582. The molecule has 5 rings (SSSR count). The van der Waals surface area contributed by atoms with E-state index in [1.54, 1.807) is 10.7 Å². The highest BCUT2D eigenvalue weighted by Gasteiger charge is 2.38. The van der Waals surface area contributed by atoms with E-state index in [0.29, 0.717) is 18.2 Å². The molecule has 1 N–H and O–H groups in total. The molecule has 2 aliphatic rings. The number of carbonyl (C=O) groups is 1. The lowest BCUT2D eigenvalue weighted by atomic mass is 10.1. The van der Waals surface area contributed by atoms with Crippen LogP contribution in [0.25, 0.3) is 5.65 Å². The minimum absolute atomic E-state index is 0.0582. The van der Waals surface area contributed by atoms with E-state index in [0.717, 1.165) is 25.2 Å². The van der Waals surface area contributed by atoms with Crippen molar-refractivity contribution in [3.05, 3.63) is 60.0 Å². The molecular weight excluding hydrogens is 342 g/mol. The van der Waals surface area contributed by atoms with E-state index < -0.39 is 0 Å². The summed E-state index contributed by atoms with van der Waals surface area (Å²) in [7, 11) is 1.92. The van der Waals surface area contributed by atoms with E-state index in [-0.39, 0.29) is 18.1 Å². The Hall–Kier alpha value is -2.64. The largest absolute Gasteiger partial charge is 0.371 e. The number of amides is 1. The van der Waals surface area contributed by atoms with Gasteiger partial charge in [-0.25, -0.2) is 4.52 Å². The third kappa shape index (κ3) is 2.93. The summed E-state index contributed by atoms with van der Waals surface area (Å²) in [6, 6.07) is 10.9. The maximum atomic E-state index is 12.8. The van der Waals surface area contributed by atoms with Crippen LogP contribution >= 0.6 is 0 Å². The number of benzene rings is 1. The zero-order chi connectivity index (χ0) is 18.4. The first-order chi connectivity index (χ1) is 13.2. The molecule has 27 heavy (non-hydrogen) atoms. The average Bonchev–Trinajstić information content (AvgIpc) is 3.37. The van der Waals surface area contributed by atoms with Gasteiger partial charge < -0.3 is 14.6 Å². The van der Waals surface area contributed by atoms with Gasteiger partial charge in [0.05, 0.1) is 18.9 Å². The number of aryl methyl sites for hydroxylation is 1. The van der Waals surface area contributed by atoms with Crippen molar-refractivity contribution in [1.29, 1.82) is 0 Å². The van der Waals surface area contributed by atoms with Crippen LogP contribution in [-0.4, -0.2) is 56.8 Å². The Kier molecular flexibility index (Phi) is 3.98. The van der Waals surface area contributed by atoms with Gasteiger partial charge in [-0.2, -0.15) is 5.10 Å². The third-order valence-electron chi connectivity index (χ3n) is 5.70. The molecule has 3 atom stereocenters. The number of aromatic nitrogens is 3. The van der Waals surface area contributed by atoms with E-state index in [1.807, 2.05) is 42.2 Å². The SMILES string of the molecule is Cn1ccn2ncc(C(=O)N[C@H]3C[C@H]4CO[C@@H](c5ccccc5)CN4C3)c12. The molecule has 3 aromatic rings. The Morgan fingerprint density at radius 1 is 1.22 bits per heavy atom. The van der Waals surface area contributed by atoms with Crippen molar-refractivity contribution < 1.29 is 9.53 Å². The number of imidazole rings is 1. The molecule has 7 heteroatoms. The van der Waals surface area contributed by atoms with Crippen molar-refractivity contribution in [1.82, 2.24) is 24.4 Å². The zero-order valence-corrected chi connectivity index (χ0v) is 15.3. The molecule has 0 bridgehead atoms. The number of hydrogen-bond donors (Lipinski definition) is 1. The van der Waals surface area contributed by atoms with Crippen molar-refractivity contribution in [3.8, 4) is 0 Å². The summed E-state index contributed by atoms with van der Waals surface area (Å²) >= 11 is 0. The van der Waals surface area contributed by atoms with E-state index in [1.165, 1.54) is 5.56 Å². The number of rotatable bonds is 3. The molecule has 0 saturated carbocycles. The Morgan fingerprint density at radius 2 is 2.07 bits per heavy atom. The average molecular weight is 365 g/mol. The summed E-state index contributed by atoms with van der Waals surface area (Å²) in [6.45, 7) is 2.44. The summed E-state index contributed by atoms with van der Waals surface area (Å²) in [5, 5.41) is 7.45. The summed E-state index contributed by atoms with van der Waals surface area (Å²) in [6.07, 6.45) is 6.42. The second-order valence-corrected chi connectivity index (χ2v) is 7.48. The number of nitrogens with zero attached hydrogens (tertiary/aromatic N) is 4. The van der Waals surface area contributed by atoms with Crippen LogP contribution in [0.3, 0.4) is 0 Å². The second-order valence-electron chi connectivity index (χ2n) is 7.48. The molecule has 4 heterocycles. The molecular formula is C20H23N5O2. The van der Waals surface area contributed by atoms with Gasteiger partial charge in [-0.15, -0.1) is 0 Å². The Balaban J connectivity index is 1.26. The van der Waals surface area contributed by atoms with Crippen LogP contribution in [0, 0.1) is 0 Å². The Labute approximate surface area is 157 Å². The summed E-state index contributed by atoms with van der Waals surface area (Å²) < 4.78 is 9.74. The van der Waals surface area contributed by atoms with Gasteiger partial charge in [0.15, 0.2) is 0 Å². The summed E-state index contributed by atoms with van der Waals surface area (Å²) in [4.78, 5) is 15.2. The molecule has 0 unspecified atom stereocenters. The van der Waals surface area contributed by atoms with Gasteiger partial charge >= 0.3 is 0 Å². The van der Waals surface area contributed by atoms with Crippen LogP contribution in [0.1, 0.15) is 28.4 Å². The Bertz CT molecular complexity index is 963. The van der Waals surface area contributed by atoms with Crippen molar-refractivity contribution in [2.24, 2.45) is 7.05 Å². The number of hydrogen-bond acceptors (Lipinski definition) is 4. The lowest BCUT2D eigenvalue weighted by Gasteiger charge is -2.35. The predicted octanol–water partition coefficient (Wildman–Crippen LogP) is 1.62. The molecule has 0 aliphatic carbocycles. The van der Waals surface area contributed by atoms with Crippen LogP contribution in [0.15, 0.2) is 48.9 Å². The van der Waals surface area contributed by atoms with E-state index in [4.69, 9.17) is 4.74 Å². The zero-order valence-electron chi connectivity index (χ0n) is 15.3. The molecule has 1 amide bonds. The number of ether oxygens (including phenoxy) is 1. The molecule has 2 saturated heterocycles. The first-order valence-electron chi connectivity index (χ1n) is 9.39. The molecule has 0 spiro atoms. The lowest BCUT2D eigenvalue weighted by Crippen LogP contribution is -2.43. The maximum absolute atomic E-state index is 12.8. The quantitative estimate of drug-likeness (QED) is 0.766. The standard InChI is InChI=1S/C20H23N5O2/c1-23-7-8-25-20(23)17(10-21-25)19(26)22-15-9-16-13-27-18(12-24(16)11-15)14-5-3-2-4-6-14/h2-8,10,15-16,18H,9,11-13H2,1H3,(H,22,26)/t15-,16-,18+/m0/s1. The van der Waals surface area contributed by atoms with Gasteiger partial charge in [0.25, 0.3) is 5.91 Å².